The molecule has 0 unspecified atom stereocenters. The number of hydrogen-bond donors (Lipinski definition) is 0. The molecule has 0 saturated carbocycles. The van der Waals surface area contributed by atoms with Gasteiger partial charge in [-0.1, -0.05) is 6.07 Å². The van der Waals surface area contributed by atoms with E-state index >= 15 is 0 Å². The molecule has 0 aliphatic carbocycles. The Hall–Kier alpha value is -2.03. The summed E-state index contributed by atoms with van der Waals surface area (Å²) in [6.45, 7) is 0. The fourth-order valence-electron chi connectivity index (χ4n) is 1.72. The molecular formula is C12H7FN2. The molecule has 0 fully saturated rings. The maximum Gasteiger partial charge on any atom is 0.213 e. The molecule has 0 atom stereocenters. The molecule has 0 amide bonds. The number of hydrogen-bond acceptors (Lipinski definition) is 2. The zero-order valence-electron chi connectivity index (χ0n) is 7.81. The molecule has 15 heavy (non-hydrogen) atoms. The van der Waals surface area contributed by atoms with Crippen molar-refractivity contribution in [1.29, 1.82) is 0 Å². The summed E-state index contributed by atoms with van der Waals surface area (Å²) in [4.78, 5) is 8.10. The average molecular weight is 198 g/mol. The molecule has 1 aromatic carbocycles. The van der Waals surface area contributed by atoms with Crippen molar-refractivity contribution in [2.75, 3.05) is 0 Å². The first-order valence-corrected chi connectivity index (χ1v) is 4.64. The standard InChI is InChI=1S/C12H7FN2/c13-11-6-4-8-3-5-10-9(12(8)15-11)2-1-7-14-10/h1-7H. The van der Waals surface area contributed by atoms with Gasteiger partial charge < -0.3 is 0 Å². The van der Waals surface area contributed by atoms with E-state index in [1.165, 1.54) is 6.07 Å². The number of pyridine rings is 2. The molecule has 3 aromatic rings. The van der Waals surface area contributed by atoms with E-state index in [4.69, 9.17) is 0 Å². The second kappa shape index (κ2) is 2.98. The molecule has 0 aliphatic heterocycles. The lowest BCUT2D eigenvalue weighted by Gasteiger charge is -2.01. The van der Waals surface area contributed by atoms with Gasteiger partial charge in [0.15, 0.2) is 0 Å². The van der Waals surface area contributed by atoms with Crippen LogP contribution >= 0.6 is 0 Å². The minimum absolute atomic E-state index is 0.459. The third-order valence-electron chi connectivity index (χ3n) is 2.41. The van der Waals surface area contributed by atoms with E-state index in [0.29, 0.717) is 5.52 Å². The molecule has 2 aromatic heterocycles. The van der Waals surface area contributed by atoms with Crippen molar-refractivity contribution in [2.45, 2.75) is 0 Å². The number of halogens is 1. The van der Waals surface area contributed by atoms with E-state index in [1.807, 2.05) is 24.3 Å². The summed E-state index contributed by atoms with van der Waals surface area (Å²) in [5.41, 5.74) is 1.50. The molecule has 0 radical (unpaired) electrons. The molecule has 3 heteroatoms. The highest BCUT2D eigenvalue weighted by molar-refractivity contribution is 6.03. The van der Waals surface area contributed by atoms with Crippen LogP contribution in [-0.4, -0.2) is 9.97 Å². The monoisotopic (exact) mass is 198 g/mol. The molecular weight excluding hydrogens is 191 g/mol. The zero-order chi connectivity index (χ0) is 10.3. The smallest absolute Gasteiger partial charge is 0.213 e. The second-order valence-electron chi connectivity index (χ2n) is 3.34. The fraction of sp³-hybridized carbons (Fsp3) is 0. The van der Waals surface area contributed by atoms with Gasteiger partial charge in [-0.2, -0.15) is 4.39 Å². The van der Waals surface area contributed by atoms with E-state index in [0.717, 1.165) is 16.3 Å². The van der Waals surface area contributed by atoms with Crippen LogP contribution in [0.1, 0.15) is 0 Å². The van der Waals surface area contributed by atoms with Crippen molar-refractivity contribution in [3.05, 3.63) is 48.5 Å². The lowest BCUT2D eigenvalue weighted by Crippen LogP contribution is -1.86. The summed E-state index contributed by atoms with van der Waals surface area (Å²) >= 11 is 0. The normalized spacial score (nSPS) is 11.0. The van der Waals surface area contributed by atoms with Gasteiger partial charge in [0.05, 0.1) is 11.0 Å². The summed E-state index contributed by atoms with van der Waals surface area (Å²) in [6, 6.07) is 10.6. The number of aromatic nitrogens is 2. The zero-order valence-corrected chi connectivity index (χ0v) is 7.81. The summed E-state index contributed by atoms with van der Waals surface area (Å²) in [5.74, 6) is -0.459. The number of rotatable bonds is 0. The fourth-order valence-corrected chi connectivity index (χ4v) is 1.72. The predicted molar refractivity (Wildman–Crippen MR) is 57.0 cm³/mol. The molecule has 0 N–H and O–H groups in total. The minimum Gasteiger partial charge on any atom is -0.256 e. The third kappa shape index (κ3) is 1.24. The summed E-state index contributed by atoms with van der Waals surface area (Å²) in [6.07, 6.45) is 1.72. The van der Waals surface area contributed by atoms with E-state index in [9.17, 15) is 4.39 Å². The lowest BCUT2D eigenvalue weighted by atomic mass is 10.1. The molecule has 0 spiro atoms. The molecule has 0 aliphatic rings. The average Bonchev–Trinajstić information content (AvgIpc) is 2.29. The van der Waals surface area contributed by atoms with Gasteiger partial charge in [0.2, 0.25) is 5.95 Å². The molecule has 3 rings (SSSR count). The third-order valence-corrected chi connectivity index (χ3v) is 2.41. The second-order valence-corrected chi connectivity index (χ2v) is 3.34. The van der Waals surface area contributed by atoms with Gasteiger partial charge in [-0.25, -0.2) is 4.98 Å². The first-order valence-electron chi connectivity index (χ1n) is 4.64. The van der Waals surface area contributed by atoms with E-state index in [1.54, 1.807) is 12.3 Å². The maximum absolute atomic E-state index is 13.0. The Bertz CT molecular complexity index is 649. The Labute approximate surface area is 85.4 Å². The van der Waals surface area contributed by atoms with Crippen molar-refractivity contribution in [1.82, 2.24) is 9.97 Å². The Balaban J connectivity index is 2.57. The largest absolute Gasteiger partial charge is 0.256 e. The summed E-state index contributed by atoms with van der Waals surface area (Å²) in [5, 5.41) is 1.81. The van der Waals surface area contributed by atoms with Crippen LogP contribution in [0.15, 0.2) is 42.6 Å². The van der Waals surface area contributed by atoms with E-state index in [2.05, 4.69) is 9.97 Å². The number of benzene rings is 1. The molecule has 72 valence electrons. The van der Waals surface area contributed by atoms with E-state index in [-0.39, 0.29) is 0 Å². The highest BCUT2D eigenvalue weighted by Gasteiger charge is 2.02. The van der Waals surface area contributed by atoms with Gasteiger partial charge in [-0.05, 0) is 30.3 Å². The van der Waals surface area contributed by atoms with Gasteiger partial charge >= 0.3 is 0 Å². The van der Waals surface area contributed by atoms with Crippen molar-refractivity contribution >= 4 is 21.8 Å². The molecule has 2 heterocycles. The minimum atomic E-state index is -0.459. The van der Waals surface area contributed by atoms with Gasteiger partial charge in [0, 0.05) is 17.0 Å². The maximum atomic E-state index is 13.0. The van der Waals surface area contributed by atoms with Crippen molar-refractivity contribution in [3.8, 4) is 0 Å². The summed E-state index contributed by atoms with van der Waals surface area (Å²) < 4.78 is 13.0. The van der Waals surface area contributed by atoms with Crippen molar-refractivity contribution < 1.29 is 4.39 Å². The van der Waals surface area contributed by atoms with Crippen LogP contribution in [0.25, 0.3) is 21.8 Å². The predicted octanol–water partition coefficient (Wildman–Crippen LogP) is 2.92. The van der Waals surface area contributed by atoms with Gasteiger partial charge in [0.25, 0.3) is 0 Å². The van der Waals surface area contributed by atoms with Crippen LogP contribution in [0.5, 0.6) is 0 Å². The first kappa shape index (κ1) is 8.29. The first-order chi connectivity index (χ1) is 7.34. The highest BCUT2D eigenvalue weighted by atomic mass is 19.1. The van der Waals surface area contributed by atoms with Crippen LogP contribution in [0.2, 0.25) is 0 Å². The molecule has 0 bridgehead atoms. The highest BCUT2D eigenvalue weighted by Crippen LogP contribution is 2.21. The molecule has 0 saturated heterocycles. The summed E-state index contributed by atoms with van der Waals surface area (Å²) in [7, 11) is 0. The van der Waals surface area contributed by atoms with Gasteiger partial charge in [-0.15, -0.1) is 0 Å². The van der Waals surface area contributed by atoms with Crippen molar-refractivity contribution in [2.24, 2.45) is 0 Å². The van der Waals surface area contributed by atoms with Gasteiger partial charge in [0.1, 0.15) is 0 Å². The Morgan fingerprint density at radius 2 is 1.87 bits per heavy atom. The number of nitrogens with zero attached hydrogens (tertiary/aromatic N) is 2. The van der Waals surface area contributed by atoms with Crippen LogP contribution in [0, 0.1) is 5.95 Å². The van der Waals surface area contributed by atoms with Crippen LogP contribution < -0.4 is 0 Å². The topological polar surface area (TPSA) is 25.8 Å². The Morgan fingerprint density at radius 3 is 2.80 bits per heavy atom. The Kier molecular flexibility index (Phi) is 1.65. The lowest BCUT2D eigenvalue weighted by molar-refractivity contribution is 0.589. The Morgan fingerprint density at radius 1 is 1.00 bits per heavy atom. The molecule has 2 nitrogen and oxygen atoms in total. The van der Waals surface area contributed by atoms with E-state index < -0.39 is 5.95 Å². The van der Waals surface area contributed by atoms with Crippen molar-refractivity contribution in [3.63, 3.8) is 0 Å². The quantitative estimate of drug-likeness (QED) is 0.410. The SMILES string of the molecule is Fc1ccc2ccc3ncccc3c2n1. The number of fused-ring (bicyclic) bond motifs is 3. The van der Waals surface area contributed by atoms with Crippen LogP contribution in [0.3, 0.4) is 0 Å². The van der Waals surface area contributed by atoms with Crippen LogP contribution in [-0.2, 0) is 0 Å². The van der Waals surface area contributed by atoms with Gasteiger partial charge in [-0.3, -0.25) is 4.98 Å². The van der Waals surface area contributed by atoms with Crippen LogP contribution in [0.4, 0.5) is 4.39 Å².